The highest BCUT2D eigenvalue weighted by molar-refractivity contribution is 8.18. The molecule has 0 bridgehead atoms. The zero-order valence-corrected chi connectivity index (χ0v) is 17.2. The number of amides is 3. The zero-order chi connectivity index (χ0) is 21.8. The number of hydrogen-bond donors (Lipinski definition) is 1. The summed E-state index contributed by atoms with van der Waals surface area (Å²) < 4.78 is 31.5. The molecule has 10 heteroatoms. The minimum atomic E-state index is -1.21. The predicted octanol–water partition coefficient (Wildman–Crippen LogP) is 4.09. The first kappa shape index (κ1) is 21.8. The number of benzene rings is 2. The molecule has 1 saturated heterocycles. The number of halogens is 3. The lowest BCUT2D eigenvalue weighted by Gasteiger charge is -2.13. The van der Waals surface area contributed by atoms with Crippen molar-refractivity contribution >= 4 is 46.5 Å². The Morgan fingerprint density at radius 2 is 1.87 bits per heavy atom. The van der Waals surface area contributed by atoms with Crippen LogP contribution in [0.2, 0.25) is 5.02 Å². The Hall–Kier alpha value is -2.91. The Bertz CT molecular complexity index is 1040. The second kappa shape index (κ2) is 9.27. The van der Waals surface area contributed by atoms with Gasteiger partial charge in [0, 0.05) is 13.1 Å². The highest BCUT2D eigenvalue weighted by Crippen LogP contribution is 2.32. The number of rotatable bonds is 6. The van der Waals surface area contributed by atoms with Crippen LogP contribution in [0.1, 0.15) is 15.9 Å². The fourth-order valence-corrected chi connectivity index (χ4v) is 3.72. The maximum atomic E-state index is 13.3. The van der Waals surface area contributed by atoms with Gasteiger partial charge >= 0.3 is 0 Å². The summed E-state index contributed by atoms with van der Waals surface area (Å²) in [6.45, 7) is -0.167. The summed E-state index contributed by atoms with van der Waals surface area (Å²) >= 11 is 6.55. The summed E-state index contributed by atoms with van der Waals surface area (Å²) in [6.07, 6.45) is 1.59. The van der Waals surface area contributed by atoms with E-state index in [4.69, 9.17) is 16.3 Å². The zero-order valence-electron chi connectivity index (χ0n) is 15.6. The maximum absolute atomic E-state index is 13.3. The molecular formula is C20H15ClF2N2O4S. The van der Waals surface area contributed by atoms with Crippen molar-refractivity contribution in [3.63, 3.8) is 0 Å². The van der Waals surface area contributed by atoms with Crippen LogP contribution in [-0.2, 0) is 4.79 Å². The standard InChI is InChI=1S/C20H15ClF2N2O4S/c1-29-12-4-2-11(3-5-12)8-17-19(27)25(20(28)30-17)7-6-24-18(26)13-9-15(22)16(23)10-14(13)21/h2-5,8-10H,6-7H2,1H3,(H,24,26). The Balaban J connectivity index is 1.61. The number of nitrogens with zero attached hydrogens (tertiary/aromatic N) is 1. The van der Waals surface area contributed by atoms with Crippen LogP contribution in [0.15, 0.2) is 41.3 Å². The SMILES string of the molecule is COc1ccc(C=C2SC(=O)N(CCNC(=O)c3cc(F)c(F)cc3Cl)C2=O)cc1. The number of nitrogens with one attached hydrogen (secondary N) is 1. The minimum absolute atomic E-state index is 0.0813. The number of carbonyl (C=O) groups excluding carboxylic acids is 3. The van der Waals surface area contributed by atoms with E-state index in [0.717, 1.165) is 22.2 Å². The molecule has 0 saturated carbocycles. The third-order valence-electron chi connectivity index (χ3n) is 4.16. The third-order valence-corrected chi connectivity index (χ3v) is 5.38. The van der Waals surface area contributed by atoms with Gasteiger partial charge in [0.25, 0.3) is 17.1 Å². The number of carbonyl (C=O) groups is 3. The van der Waals surface area contributed by atoms with Crippen LogP contribution in [0.5, 0.6) is 5.75 Å². The minimum Gasteiger partial charge on any atom is -0.497 e. The number of ether oxygens (including phenoxy) is 1. The molecule has 0 aliphatic carbocycles. The van der Waals surface area contributed by atoms with E-state index in [2.05, 4.69) is 5.32 Å². The van der Waals surface area contributed by atoms with Gasteiger partial charge in [0.05, 0.1) is 22.6 Å². The first-order valence-electron chi connectivity index (χ1n) is 8.62. The van der Waals surface area contributed by atoms with Crippen LogP contribution >= 0.6 is 23.4 Å². The van der Waals surface area contributed by atoms with Crippen LogP contribution in [0.25, 0.3) is 6.08 Å². The summed E-state index contributed by atoms with van der Waals surface area (Å²) in [5.41, 5.74) is 0.478. The van der Waals surface area contributed by atoms with Crippen molar-refractivity contribution in [2.75, 3.05) is 20.2 Å². The monoisotopic (exact) mass is 452 g/mol. The van der Waals surface area contributed by atoms with E-state index in [9.17, 15) is 23.2 Å². The summed E-state index contributed by atoms with van der Waals surface area (Å²) in [5, 5.41) is 1.71. The molecule has 0 aromatic heterocycles. The van der Waals surface area contributed by atoms with Gasteiger partial charge in [0.15, 0.2) is 11.6 Å². The molecule has 2 aromatic carbocycles. The number of imide groups is 1. The molecule has 0 unspecified atom stereocenters. The summed E-state index contributed by atoms with van der Waals surface area (Å²) in [5.74, 6) is -2.95. The molecular weight excluding hydrogens is 438 g/mol. The molecule has 0 spiro atoms. The molecule has 1 aliphatic rings. The highest BCUT2D eigenvalue weighted by atomic mass is 35.5. The second-order valence-corrected chi connectivity index (χ2v) is 7.51. The molecule has 30 heavy (non-hydrogen) atoms. The van der Waals surface area contributed by atoms with E-state index in [1.807, 2.05) is 0 Å². The third kappa shape index (κ3) is 4.80. The Labute approximate surface area is 179 Å². The van der Waals surface area contributed by atoms with Crippen LogP contribution in [0, 0.1) is 11.6 Å². The number of hydrogen-bond acceptors (Lipinski definition) is 5. The normalized spacial score (nSPS) is 15.1. The maximum Gasteiger partial charge on any atom is 0.293 e. The number of thioether (sulfide) groups is 1. The van der Waals surface area contributed by atoms with E-state index in [0.29, 0.717) is 17.9 Å². The van der Waals surface area contributed by atoms with Gasteiger partial charge < -0.3 is 10.1 Å². The van der Waals surface area contributed by atoms with Gasteiger partial charge in [-0.05, 0) is 47.7 Å². The Morgan fingerprint density at radius 3 is 2.53 bits per heavy atom. The van der Waals surface area contributed by atoms with Crippen LogP contribution in [-0.4, -0.2) is 42.2 Å². The molecule has 1 fully saturated rings. The van der Waals surface area contributed by atoms with Gasteiger partial charge in [-0.3, -0.25) is 19.3 Å². The lowest BCUT2D eigenvalue weighted by Crippen LogP contribution is -2.37. The number of methoxy groups -OCH3 is 1. The molecule has 0 atom stereocenters. The summed E-state index contributed by atoms with van der Waals surface area (Å²) in [7, 11) is 1.54. The molecule has 6 nitrogen and oxygen atoms in total. The first-order chi connectivity index (χ1) is 14.3. The quantitative estimate of drug-likeness (QED) is 0.527. The van der Waals surface area contributed by atoms with Gasteiger partial charge in [-0.2, -0.15) is 0 Å². The molecule has 0 radical (unpaired) electrons. The Kier molecular flexibility index (Phi) is 6.73. The van der Waals surface area contributed by atoms with Crippen molar-refractivity contribution in [2.45, 2.75) is 0 Å². The average Bonchev–Trinajstić information content (AvgIpc) is 2.98. The fourth-order valence-electron chi connectivity index (χ4n) is 2.62. The lowest BCUT2D eigenvalue weighted by atomic mass is 10.2. The smallest absolute Gasteiger partial charge is 0.293 e. The average molecular weight is 453 g/mol. The molecule has 1 N–H and O–H groups in total. The van der Waals surface area contributed by atoms with Crippen molar-refractivity contribution in [3.05, 3.63) is 69.1 Å². The largest absolute Gasteiger partial charge is 0.497 e. The van der Waals surface area contributed by atoms with Gasteiger partial charge in [0.1, 0.15) is 5.75 Å². The van der Waals surface area contributed by atoms with Crippen molar-refractivity contribution < 1.29 is 27.9 Å². The predicted molar refractivity (Wildman–Crippen MR) is 109 cm³/mol. The van der Waals surface area contributed by atoms with Crippen LogP contribution < -0.4 is 10.1 Å². The first-order valence-corrected chi connectivity index (χ1v) is 9.81. The molecule has 3 rings (SSSR count). The molecule has 1 aliphatic heterocycles. The van der Waals surface area contributed by atoms with Crippen LogP contribution in [0.3, 0.4) is 0 Å². The Morgan fingerprint density at radius 1 is 1.20 bits per heavy atom. The van der Waals surface area contributed by atoms with Gasteiger partial charge in [-0.25, -0.2) is 8.78 Å². The van der Waals surface area contributed by atoms with Crippen LogP contribution in [0.4, 0.5) is 13.6 Å². The molecule has 156 valence electrons. The molecule has 2 aromatic rings. The van der Waals surface area contributed by atoms with E-state index in [1.54, 1.807) is 37.5 Å². The topological polar surface area (TPSA) is 75.7 Å². The van der Waals surface area contributed by atoms with Crippen molar-refractivity contribution in [1.82, 2.24) is 10.2 Å². The lowest BCUT2D eigenvalue weighted by molar-refractivity contribution is -0.122. The van der Waals surface area contributed by atoms with Gasteiger partial charge in [0.2, 0.25) is 0 Å². The van der Waals surface area contributed by atoms with E-state index in [-0.39, 0.29) is 28.6 Å². The van der Waals surface area contributed by atoms with Gasteiger partial charge in [-0.1, -0.05) is 23.7 Å². The van der Waals surface area contributed by atoms with E-state index >= 15 is 0 Å². The molecule has 1 heterocycles. The van der Waals surface area contributed by atoms with E-state index in [1.165, 1.54) is 0 Å². The van der Waals surface area contributed by atoms with Crippen molar-refractivity contribution in [1.29, 1.82) is 0 Å². The molecule has 3 amide bonds. The van der Waals surface area contributed by atoms with Crippen molar-refractivity contribution in [3.8, 4) is 5.75 Å². The van der Waals surface area contributed by atoms with Gasteiger partial charge in [-0.15, -0.1) is 0 Å². The summed E-state index contributed by atoms with van der Waals surface area (Å²) in [4.78, 5) is 38.0. The van der Waals surface area contributed by atoms with Crippen molar-refractivity contribution in [2.24, 2.45) is 0 Å². The fraction of sp³-hybridized carbons (Fsp3) is 0.150. The van der Waals surface area contributed by atoms with E-state index < -0.39 is 28.7 Å². The summed E-state index contributed by atoms with van der Waals surface area (Å²) in [6, 6.07) is 8.35. The highest BCUT2D eigenvalue weighted by Gasteiger charge is 2.34. The second-order valence-electron chi connectivity index (χ2n) is 6.11.